The fraction of sp³-hybridized carbons (Fsp3) is 0.375. The molecule has 0 saturated carbocycles. The number of hydrogen-bond acceptors (Lipinski definition) is 3. The van der Waals surface area contributed by atoms with Crippen LogP contribution in [0.15, 0.2) is 29.6 Å². The zero-order chi connectivity index (χ0) is 14.8. The number of aliphatic hydroxyl groups is 1. The van der Waals surface area contributed by atoms with Gasteiger partial charge in [0.25, 0.3) is 0 Å². The minimum atomic E-state index is -1.18. The highest BCUT2D eigenvalue weighted by Gasteiger charge is 2.23. The molecule has 0 saturated heterocycles. The number of fused-ring (bicyclic) bond motifs is 1. The Kier molecular flexibility index (Phi) is 4.33. The zero-order valence-electron chi connectivity index (χ0n) is 11.5. The van der Waals surface area contributed by atoms with Gasteiger partial charge >= 0.3 is 0 Å². The van der Waals surface area contributed by atoms with E-state index in [1.165, 1.54) is 28.6 Å². The van der Waals surface area contributed by atoms with Gasteiger partial charge in [-0.3, -0.25) is 0 Å². The molecule has 0 aliphatic heterocycles. The van der Waals surface area contributed by atoms with E-state index in [0.29, 0.717) is 0 Å². The normalized spacial score (nSPS) is 19.3. The first-order valence-corrected chi connectivity index (χ1v) is 7.96. The number of aliphatic hydroxyl groups excluding tert-OH is 1. The Morgan fingerprint density at radius 2 is 2.05 bits per heavy atom. The molecular weight excluding hydrogens is 292 g/mol. The van der Waals surface area contributed by atoms with Crippen LogP contribution >= 0.6 is 11.3 Å². The number of benzene rings is 1. The van der Waals surface area contributed by atoms with E-state index in [4.69, 9.17) is 0 Å². The van der Waals surface area contributed by atoms with E-state index in [-0.39, 0.29) is 18.2 Å². The van der Waals surface area contributed by atoms with Crippen LogP contribution in [0.1, 0.15) is 41.0 Å². The summed E-state index contributed by atoms with van der Waals surface area (Å²) in [7, 11) is 0. The Balaban J connectivity index is 1.69. The highest BCUT2D eigenvalue weighted by Crippen LogP contribution is 2.33. The van der Waals surface area contributed by atoms with Crippen LogP contribution in [-0.2, 0) is 6.42 Å². The van der Waals surface area contributed by atoms with Gasteiger partial charge < -0.3 is 10.4 Å². The Morgan fingerprint density at radius 3 is 2.81 bits per heavy atom. The van der Waals surface area contributed by atoms with Crippen molar-refractivity contribution in [3.8, 4) is 0 Å². The molecule has 0 radical (unpaired) electrons. The number of aryl methyl sites for hydroxylation is 1. The second-order valence-electron chi connectivity index (χ2n) is 5.30. The van der Waals surface area contributed by atoms with Crippen molar-refractivity contribution in [2.75, 3.05) is 6.54 Å². The number of rotatable bonds is 4. The Bertz CT molecular complexity index is 608. The van der Waals surface area contributed by atoms with Gasteiger partial charge in [-0.2, -0.15) is 0 Å². The molecule has 5 heteroatoms. The average Bonchev–Trinajstić information content (AvgIpc) is 2.93. The van der Waals surface area contributed by atoms with Gasteiger partial charge in [-0.05, 0) is 48.4 Å². The summed E-state index contributed by atoms with van der Waals surface area (Å²) >= 11 is 1.74. The van der Waals surface area contributed by atoms with Crippen molar-refractivity contribution >= 4 is 11.3 Å². The largest absolute Gasteiger partial charge is 0.387 e. The van der Waals surface area contributed by atoms with Crippen molar-refractivity contribution < 1.29 is 13.9 Å². The first-order valence-electron chi connectivity index (χ1n) is 7.08. The molecule has 2 aromatic rings. The van der Waals surface area contributed by atoms with Crippen molar-refractivity contribution in [3.05, 3.63) is 57.3 Å². The van der Waals surface area contributed by atoms with Crippen LogP contribution in [0.25, 0.3) is 0 Å². The lowest BCUT2D eigenvalue weighted by Crippen LogP contribution is -2.29. The van der Waals surface area contributed by atoms with Gasteiger partial charge in [0.1, 0.15) is 11.6 Å². The van der Waals surface area contributed by atoms with Gasteiger partial charge in [0, 0.05) is 17.5 Å². The van der Waals surface area contributed by atoms with Crippen LogP contribution in [0.5, 0.6) is 0 Å². The summed E-state index contributed by atoms with van der Waals surface area (Å²) in [5, 5.41) is 15.4. The van der Waals surface area contributed by atoms with E-state index in [1.807, 2.05) is 0 Å². The Hall–Kier alpha value is -1.30. The summed E-state index contributed by atoms with van der Waals surface area (Å²) < 4.78 is 27.3. The SMILES string of the molecule is OC(CNC1CCCc2sccc21)c1c(F)cccc1F. The van der Waals surface area contributed by atoms with Gasteiger partial charge in [0.2, 0.25) is 0 Å². The van der Waals surface area contributed by atoms with E-state index in [0.717, 1.165) is 19.3 Å². The number of nitrogens with one attached hydrogen (secondary N) is 1. The molecule has 2 unspecified atom stereocenters. The van der Waals surface area contributed by atoms with Crippen molar-refractivity contribution in [2.45, 2.75) is 31.4 Å². The second-order valence-corrected chi connectivity index (χ2v) is 6.30. The lowest BCUT2D eigenvalue weighted by molar-refractivity contribution is 0.159. The molecule has 21 heavy (non-hydrogen) atoms. The lowest BCUT2D eigenvalue weighted by atomic mass is 9.94. The van der Waals surface area contributed by atoms with Crippen LogP contribution in [0.2, 0.25) is 0 Å². The monoisotopic (exact) mass is 309 g/mol. The minimum absolute atomic E-state index is 0.137. The van der Waals surface area contributed by atoms with E-state index >= 15 is 0 Å². The quantitative estimate of drug-likeness (QED) is 0.902. The van der Waals surface area contributed by atoms with Crippen LogP contribution in [0, 0.1) is 11.6 Å². The van der Waals surface area contributed by atoms with Gasteiger partial charge in [-0.1, -0.05) is 6.07 Å². The standard InChI is InChI=1S/C16H17F2NOS/c17-11-3-1-4-12(18)16(11)14(20)9-19-13-5-2-6-15-10(13)7-8-21-15/h1,3-4,7-8,13-14,19-20H,2,5-6,9H2. The van der Waals surface area contributed by atoms with Crippen molar-refractivity contribution in [1.29, 1.82) is 0 Å². The molecule has 112 valence electrons. The van der Waals surface area contributed by atoms with Crippen molar-refractivity contribution in [2.24, 2.45) is 0 Å². The molecule has 1 heterocycles. The summed E-state index contributed by atoms with van der Waals surface area (Å²) in [5.41, 5.74) is 0.999. The van der Waals surface area contributed by atoms with Crippen molar-refractivity contribution in [1.82, 2.24) is 5.32 Å². The molecule has 2 N–H and O–H groups in total. The molecule has 0 amide bonds. The van der Waals surface area contributed by atoms with E-state index < -0.39 is 17.7 Å². The number of thiophene rings is 1. The Labute approximate surface area is 126 Å². The fourth-order valence-electron chi connectivity index (χ4n) is 2.88. The number of hydrogen-bond donors (Lipinski definition) is 2. The molecule has 0 bridgehead atoms. The van der Waals surface area contributed by atoms with Gasteiger partial charge in [0.05, 0.1) is 11.7 Å². The first kappa shape index (κ1) is 14.6. The maximum absolute atomic E-state index is 13.6. The number of halogens is 2. The minimum Gasteiger partial charge on any atom is -0.387 e. The lowest BCUT2D eigenvalue weighted by Gasteiger charge is -2.25. The summed E-state index contributed by atoms with van der Waals surface area (Å²) in [5.74, 6) is -1.41. The Morgan fingerprint density at radius 1 is 1.29 bits per heavy atom. The zero-order valence-corrected chi connectivity index (χ0v) is 12.3. The van der Waals surface area contributed by atoms with E-state index in [2.05, 4.69) is 16.8 Å². The third-order valence-corrected chi connectivity index (χ3v) is 4.94. The predicted molar refractivity (Wildman–Crippen MR) is 79.3 cm³/mol. The van der Waals surface area contributed by atoms with Crippen LogP contribution in [0.3, 0.4) is 0 Å². The maximum atomic E-state index is 13.6. The van der Waals surface area contributed by atoms with Gasteiger partial charge in [-0.25, -0.2) is 8.78 Å². The first-order chi connectivity index (χ1) is 10.2. The molecule has 1 aliphatic rings. The third-order valence-electron chi connectivity index (χ3n) is 3.94. The molecule has 1 aliphatic carbocycles. The van der Waals surface area contributed by atoms with Crippen LogP contribution in [-0.4, -0.2) is 11.7 Å². The summed E-state index contributed by atoms with van der Waals surface area (Å²) in [6, 6.07) is 5.88. The average molecular weight is 309 g/mol. The third kappa shape index (κ3) is 3.00. The van der Waals surface area contributed by atoms with Crippen LogP contribution < -0.4 is 5.32 Å². The van der Waals surface area contributed by atoms with Crippen LogP contribution in [0.4, 0.5) is 8.78 Å². The highest BCUT2D eigenvalue weighted by atomic mass is 32.1. The highest BCUT2D eigenvalue weighted by molar-refractivity contribution is 7.10. The predicted octanol–water partition coefficient (Wildman–Crippen LogP) is 3.73. The van der Waals surface area contributed by atoms with E-state index in [1.54, 1.807) is 11.3 Å². The van der Waals surface area contributed by atoms with Gasteiger partial charge in [-0.15, -0.1) is 11.3 Å². The second kappa shape index (κ2) is 6.22. The summed E-state index contributed by atoms with van der Waals surface area (Å²) in [6.07, 6.45) is 1.98. The van der Waals surface area contributed by atoms with Crippen molar-refractivity contribution in [3.63, 3.8) is 0 Å². The molecule has 2 nitrogen and oxygen atoms in total. The molecular formula is C16H17F2NOS. The molecule has 0 fully saturated rings. The van der Waals surface area contributed by atoms with Gasteiger partial charge in [0.15, 0.2) is 0 Å². The molecule has 2 atom stereocenters. The summed E-state index contributed by atoms with van der Waals surface area (Å²) in [4.78, 5) is 1.37. The molecule has 1 aromatic carbocycles. The smallest absolute Gasteiger partial charge is 0.131 e. The fourth-order valence-corrected chi connectivity index (χ4v) is 3.87. The molecule has 0 spiro atoms. The maximum Gasteiger partial charge on any atom is 0.131 e. The summed E-state index contributed by atoms with van der Waals surface area (Å²) in [6.45, 7) is 0.137. The molecule has 3 rings (SSSR count). The molecule has 1 aromatic heterocycles. The van der Waals surface area contributed by atoms with E-state index in [9.17, 15) is 13.9 Å². The topological polar surface area (TPSA) is 32.3 Å².